The van der Waals surface area contributed by atoms with E-state index in [9.17, 15) is 4.79 Å². The molecule has 0 aromatic heterocycles. The van der Waals surface area contributed by atoms with Crippen LogP contribution >= 0.6 is 0 Å². The van der Waals surface area contributed by atoms with Gasteiger partial charge in [-0.25, -0.2) is 4.79 Å². The fourth-order valence-corrected chi connectivity index (χ4v) is 5.31. The van der Waals surface area contributed by atoms with Crippen LogP contribution < -0.4 is 4.74 Å². The van der Waals surface area contributed by atoms with Crippen LogP contribution in [-0.4, -0.2) is 79.5 Å². The molecule has 3 aromatic rings. The first-order valence-corrected chi connectivity index (χ1v) is 15.2. The molecule has 0 saturated carbocycles. The van der Waals surface area contributed by atoms with Gasteiger partial charge in [0.15, 0.2) is 0 Å². The number of unbranched alkanes of at least 4 members (excludes halogenated alkanes) is 1. The Kier molecular flexibility index (Phi) is 13.4. The van der Waals surface area contributed by atoms with Gasteiger partial charge < -0.3 is 23.8 Å². The third-order valence-electron chi connectivity index (χ3n) is 7.64. The Morgan fingerprint density at radius 2 is 1.70 bits per heavy atom. The molecule has 1 aliphatic rings. The first-order chi connectivity index (χ1) is 21.4. The summed E-state index contributed by atoms with van der Waals surface area (Å²) in [5, 5.41) is 16.9. The number of rotatable bonds is 16. The first kappa shape index (κ1) is 33.4. The molecule has 2 N–H and O–H groups in total. The van der Waals surface area contributed by atoms with E-state index < -0.39 is 0 Å². The number of nitrogens with zero attached hydrogens (tertiary/aromatic N) is 2. The fourth-order valence-electron chi connectivity index (χ4n) is 5.31. The van der Waals surface area contributed by atoms with Crippen molar-refractivity contribution in [3.63, 3.8) is 0 Å². The van der Waals surface area contributed by atoms with Crippen molar-refractivity contribution < 1.29 is 39.0 Å². The normalized spacial score (nSPS) is 16.7. The van der Waals surface area contributed by atoms with Crippen molar-refractivity contribution in [2.75, 3.05) is 46.6 Å². The summed E-state index contributed by atoms with van der Waals surface area (Å²) in [5.74, 6) is 0.876. The smallest absolute Gasteiger partial charge is 0.409 e. The van der Waals surface area contributed by atoms with Crippen LogP contribution in [0.4, 0.5) is 4.79 Å². The molecule has 0 spiro atoms. The van der Waals surface area contributed by atoms with Crippen molar-refractivity contribution in [3.8, 4) is 16.9 Å². The van der Waals surface area contributed by atoms with Crippen LogP contribution in [0.25, 0.3) is 11.1 Å². The lowest BCUT2D eigenvalue weighted by molar-refractivity contribution is -0.492. The molecule has 2 atom stereocenters. The second-order valence-corrected chi connectivity index (χ2v) is 10.9. The van der Waals surface area contributed by atoms with Gasteiger partial charge in [0.1, 0.15) is 5.75 Å². The second-order valence-electron chi connectivity index (χ2n) is 10.9. The molecule has 0 aliphatic carbocycles. The lowest BCUT2D eigenvalue weighted by atomic mass is 9.85. The van der Waals surface area contributed by atoms with E-state index in [2.05, 4.69) is 47.3 Å². The predicted molar refractivity (Wildman–Crippen MR) is 164 cm³/mol. The minimum Gasteiger partial charge on any atom is -0.493 e. The van der Waals surface area contributed by atoms with Gasteiger partial charge in [0.05, 0.1) is 44.5 Å². The highest BCUT2D eigenvalue weighted by Gasteiger charge is 2.34. The number of ether oxygens (including phenoxy) is 4. The lowest BCUT2D eigenvalue weighted by Crippen LogP contribution is -2.47. The second kappa shape index (κ2) is 17.7. The summed E-state index contributed by atoms with van der Waals surface area (Å²) in [4.78, 5) is 19.3. The van der Waals surface area contributed by atoms with Crippen molar-refractivity contribution in [2.24, 2.45) is 0 Å². The van der Waals surface area contributed by atoms with Crippen molar-refractivity contribution in [1.29, 1.82) is 0 Å². The van der Waals surface area contributed by atoms with Gasteiger partial charge in [-0.1, -0.05) is 66.7 Å². The van der Waals surface area contributed by atoms with Crippen molar-refractivity contribution in [1.82, 2.24) is 10.3 Å². The number of carbonyl (C=O) groups excluding carboxylic acids is 1. The topological polar surface area (TPSA) is 110 Å². The Balaban J connectivity index is 1.46. The van der Waals surface area contributed by atoms with E-state index in [-0.39, 0.29) is 36.7 Å². The summed E-state index contributed by atoms with van der Waals surface area (Å²) in [6, 6.07) is 25.0. The number of hydrogen-bond donors (Lipinski definition) is 2. The Bertz CT molecular complexity index is 1290. The molecule has 3 aromatic carbocycles. The van der Waals surface area contributed by atoms with Gasteiger partial charge in [-0.05, 0) is 54.5 Å². The minimum absolute atomic E-state index is 0.0799. The number of aryl methyl sites for hydroxylation is 1. The molecule has 1 aliphatic heterocycles. The van der Waals surface area contributed by atoms with E-state index in [0.717, 1.165) is 40.8 Å². The zero-order valence-corrected chi connectivity index (χ0v) is 25.6. The van der Waals surface area contributed by atoms with Crippen LogP contribution in [0, 0.1) is 6.92 Å². The van der Waals surface area contributed by atoms with Crippen molar-refractivity contribution in [3.05, 3.63) is 89.5 Å². The van der Waals surface area contributed by atoms with Crippen LogP contribution in [0.15, 0.2) is 72.8 Å². The average Bonchev–Trinajstić information content (AvgIpc) is 3.04. The summed E-state index contributed by atoms with van der Waals surface area (Å²) in [6.45, 7) is 4.80. The van der Waals surface area contributed by atoms with Gasteiger partial charge in [-0.15, -0.1) is 0 Å². The molecule has 44 heavy (non-hydrogen) atoms. The maximum absolute atomic E-state index is 13.0. The fraction of sp³-hybridized carbons (Fsp3) is 0.441. The van der Waals surface area contributed by atoms with Gasteiger partial charge in [0.25, 0.3) is 0 Å². The van der Waals surface area contributed by atoms with Gasteiger partial charge >= 0.3 is 6.09 Å². The van der Waals surface area contributed by atoms with E-state index in [4.69, 9.17) is 29.4 Å². The monoisotopic (exact) mass is 608 g/mol. The van der Waals surface area contributed by atoms with Gasteiger partial charge in [0, 0.05) is 38.2 Å². The molecule has 0 radical (unpaired) electrons. The predicted octanol–water partition coefficient (Wildman–Crippen LogP) is 6.38. The Morgan fingerprint density at radius 3 is 2.50 bits per heavy atom. The summed E-state index contributed by atoms with van der Waals surface area (Å²) < 4.78 is 23.4. The van der Waals surface area contributed by atoms with Gasteiger partial charge in [-0.3, -0.25) is 15.3 Å². The molecular weight excluding hydrogens is 564 g/mol. The van der Waals surface area contributed by atoms with Gasteiger partial charge in [0.2, 0.25) is 0 Å². The zero-order chi connectivity index (χ0) is 31.1. The molecule has 1 fully saturated rings. The van der Waals surface area contributed by atoms with Crippen LogP contribution in [0.3, 0.4) is 0 Å². The third-order valence-corrected chi connectivity index (χ3v) is 7.64. The third kappa shape index (κ3) is 10.3. The quantitative estimate of drug-likeness (QED) is 0.141. The summed E-state index contributed by atoms with van der Waals surface area (Å²) in [6.07, 6.45) is 1.89. The minimum atomic E-state index is -0.389. The Hall–Kier alpha value is -3.51. The maximum atomic E-state index is 13.0. The van der Waals surface area contributed by atoms with Crippen LogP contribution in [0.1, 0.15) is 48.3 Å². The Labute approximate surface area is 259 Å². The molecule has 1 unspecified atom stereocenters. The van der Waals surface area contributed by atoms with Gasteiger partial charge in [-0.2, -0.15) is 0 Å². The summed E-state index contributed by atoms with van der Waals surface area (Å²) >= 11 is 0. The number of piperidine rings is 1. The van der Waals surface area contributed by atoms with Crippen LogP contribution in [-0.2, 0) is 25.7 Å². The number of benzene rings is 3. The SMILES string of the molecule is COCCCOc1cc(C)ccc1COC1CN(C(=O)OCCCCON(O)O)CC[C@@H]1c1cccc(-c2ccccc2)c1. The molecule has 1 heterocycles. The molecular formula is C34H44N2O8. The zero-order valence-electron chi connectivity index (χ0n) is 25.6. The number of hydrogen-bond acceptors (Lipinski definition) is 9. The summed E-state index contributed by atoms with van der Waals surface area (Å²) in [7, 11) is 1.68. The highest BCUT2D eigenvalue weighted by molar-refractivity contribution is 5.68. The number of likely N-dealkylation sites (tertiary alicyclic amines) is 1. The molecule has 4 rings (SSSR count). The summed E-state index contributed by atoms with van der Waals surface area (Å²) in [5.41, 5.74) is 5.53. The highest BCUT2D eigenvalue weighted by atomic mass is 17.1. The largest absolute Gasteiger partial charge is 0.493 e. The van der Waals surface area contributed by atoms with E-state index >= 15 is 0 Å². The molecule has 1 amide bonds. The standard InChI is InChI=1S/C34H44N2O8/c1-26-14-15-30(32(22-26)41-20-9-18-40-2)25-43-33-24-35(34(37)42-19-6-7-21-44-36(38)39)17-16-31(33)29-13-8-12-28(23-29)27-10-4-3-5-11-27/h3-5,8,10-15,22-23,31,33,38-39H,6-7,9,16-21,24-25H2,1-2H3/t31-,33?/m1/s1. The lowest BCUT2D eigenvalue weighted by Gasteiger charge is -2.38. The molecule has 1 saturated heterocycles. The number of amides is 1. The van der Waals surface area contributed by atoms with Crippen LogP contribution in [0.2, 0.25) is 0 Å². The van der Waals surface area contributed by atoms with Crippen LogP contribution in [0.5, 0.6) is 5.75 Å². The van der Waals surface area contributed by atoms with E-state index in [1.165, 1.54) is 5.56 Å². The molecule has 10 nitrogen and oxygen atoms in total. The van der Waals surface area contributed by atoms with E-state index in [1.807, 2.05) is 37.3 Å². The number of methoxy groups -OCH3 is 1. The maximum Gasteiger partial charge on any atom is 0.409 e. The molecule has 10 heteroatoms. The first-order valence-electron chi connectivity index (χ1n) is 15.2. The average molecular weight is 609 g/mol. The van der Waals surface area contributed by atoms with E-state index in [1.54, 1.807) is 12.0 Å². The molecule has 0 bridgehead atoms. The van der Waals surface area contributed by atoms with Crippen molar-refractivity contribution in [2.45, 2.75) is 51.2 Å². The Morgan fingerprint density at radius 1 is 0.909 bits per heavy atom. The number of carbonyl (C=O) groups is 1. The highest BCUT2D eigenvalue weighted by Crippen LogP contribution is 2.34. The molecule has 238 valence electrons. The van der Waals surface area contributed by atoms with Crippen molar-refractivity contribution >= 4 is 6.09 Å². The van der Waals surface area contributed by atoms with E-state index in [0.29, 0.717) is 45.8 Å².